The predicted octanol–water partition coefficient (Wildman–Crippen LogP) is 3.94. The van der Waals surface area contributed by atoms with Crippen LogP contribution in [0.25, 0.3) is 0 Å². The van der Waals surface area contributed by atoms with Crippen LogP contribution < -0.4 is 10.0 Å². The minimum atomic E-state index is -3.75. The van der Waals surface area contributed by atoms with Crippen molar-refractivity contribution in [2.24, 2.45) is 5.92 Å². The van der Waals surface area contributed by atoms with Gasteiger partial charge in [-0.2, -0.15) is 0 Å². The highest BCUT2D eigenvalue weighted by Gasteiger charge is 2.22. The molecule has 0 bridgehead atoms. The number of sulfonamides is 1. The molecule has 10 heteroatoms. The van der Waals surface area contributed by atoms with E-state index in [2.05, 4.69) is 27.2 Å². The van der Waals surface area contributed by atoms with Crippen LogP contribution in [0.15, 0.2) is 28.6 Å². The number of rotatable bonds is 10. The van der Waals surface area contributed by atoms with Gasteiger partial charge >= 0.3 is 0 Å². The number of carbonyl (C=O) groups is 1. The van der Waals surface area contributed by atoms with E-state index in [1.165, 1.54) is 0 Å². The highest BCUT2D eigenvalue weighted by atomic mass is 35.5. The topological polar surface area (TPSA) is 101 Å². The molecule has 2 N–H and O–H groups in total. The maximum atomic E-state index is 12.4. The largest absolute Gasteiger partial charge is 0.296 e. The molecule has 0 spiro atoms. The van der Waals surface area contributed by atoms with Crippen molar-refractivity contribution in [2.75, 3.05) is 11.9 Å². The Morgan fingerprint density at radius 2 is 1.93 bits per heavy atom. The minimum absolute atomic E-state index is 0.119. The Kier molecular flexibility index (Phi) is 8.15. The fourth-order valence-electron chi connectivity index (χ4n) is 2.37. The Bertz CT molecular complexity index is 853. The maximum Gasteiger partial charge on any atom is 0.269 e. The van der Waals surface area contributed by atoms with Gasteiger partial charge in [0.15, 0.2) is 0 Å². The Morgan fingerprint density at radius 3 is 2.56 bits per heavy atom. The van der Waals surface area contributed by atoms with E-state index in [9.17, 15) is 13.2 Å². The van der Waals surface area contributed by atoms with Gasteiger partial charge in [0.1, 0.15) is 0 Å². The van der Waals surface area contributed by atoms with Crippen LogP contribution in [-0.4, -0.2) is 31.1 Å². The standard InChI is InChI=1S/C17H23ClN4O3S2/c1-3-5-6-12(4-2)11-19-27(24,25)17-22-21-16(26-17)20-15(23)13-7-9-14(18)10-8-13/h7-10,12,19H,3-6,11H2,1-2H3,(H,20,21,23). The summed E-state index contributed by atoms with van der Waals surface area (Å²) >= 11 is 6.61. The van der Waals surface area contributed by atoms with Crippen molar-refractivity contribution in [1.29, 1.82) is 0 Å². The lowest BCUT2D eigenvalue weighted by Gasteiger charge is -2.14. The van der Waals surface area contributed by atoms with Crippen molar-refractivity contribution < 1.29 is 13.2 Å². The first-order valence-electron chi connectivity index (χ1n) is 8.75. The summed E-state index contributed by atoms with van der Waals surface area (Å²) in [6, 6.07) is 6.33. The molecule has 0 aliphatic carbocycles. The Balaban J connectivity index is 1.98. The lowest BCUT2D eigenvalue weighted by molar-refractivity contribution is 0.102. The average molecular weight is 431 g/mol. The Labute approximate surface area is 168 Å². The van der Waals surface area contributed by atoms with Crippen LogP contribution in [0.2, 0.25) is 5.02 Å². The van der Waals surface area contributed by atoms with E-state index < -0.39 is 15.9 Å². The first-order chi connectivity index (χ1) is 12.9. The van der Waals surface area contributed by atoms with E-state index in [0.29, 0.717) is 17.1 Å². The zero-order chi connectivity index (χ0) is 19.9. The minimum Gasteiger partial charge on any atom is -0.296 e. The third-order valence-corrected chi connectivity index (χ3v) is 6.95. The van der Waals surface area contributed by atoms with E-state index >= 15 is 0 Å². The van der Waals surface area contributed by atoms with Gasteiger partial charge in [-0.15, -0.1) is 10.2 Å². The van der Waals surface area contributed by atoms with Gasteiger partial charge in [-0.25, -0.2) is 13.1 Å². The van der Waals surface area contributed by atoms with Crippen LogP contribution in [0, 0.1) is 5.92 Å². The van der Waals surface area contributed by atoms with Crippen molar-refractivity contribution in [2.45, 2.75) is 43.9 Å². The quantitative estimate of drug-likeness (QED) is 0.556. The number of anilines is 1. The van der Waals surface area contributed by atoms with Crippen molar-refractivity contribution >= 4 is 44.0 Å². The van der Waals surface area contributed by atoms with Crippen molar-refractivity contribution in [1.82, 2.24) is 14.9 Å². The smallest absolute Gasteiger partial charge is 0.269 e. The molecule has 7 nitrogen and oxygen atoms in total. The molecule has 0 aliphatic rings. The van der Waals surface area contributed by atoms with Gasteiger partial charge in [0, 0.05) is 17.1 Å². The van der Waals surface area contributed by atoms with Crippen LogP contribution in [0.1, 0.15) is 49.9 Å². The zero-order valence-electron chi connectivity index (χ0n) is 15.2. The van der Waals surface area contributed by atoms with E-state index in [1.807, 2.05) is 6.92 Å². The first-order valence-corrected chi connectivity index (χ1v) is 11.4. The Morgan fingerprint density at radius 1 is 1.22 bits per heavy atom. The molecule has 0 radical (unpaired) electrons. The number of nitrogens with zero attached hydrogens (tertiary/aromatic N) is 2. The molecule has 1 amide bonds. The van der Waals surface area contributed by atoms with Crippen LogP contribution in [0.4, 0.5) is 5.13 Å². The average Bonchev–Trinajstić information content (AvgIpc) is 3.12. The van der Waals surface area contributed by atoms with Crippen LogP contribution in [-0.2, 0) is 10.0 Å². The van der Waals surface area contributed by atoms with E-state index in [-0.39, 0.29) is 15.4 Å². The number of hydrogen-bond donors (Lipinski definition) is 2. The number of unbranched alkanes of at least 4 members (excludes halogenated alkanes) is 1. The summed E-state index contributed by atoms with van der Waals surface area (Å²) in [4.78, 5) is 12.2. The SMILES string of the molecule is CCCCC(CC)CNS(=O)(=O)c1nnc(NC(=O)c2ccc(Cl)cc2)s1. The van der Waals surface area contributed by atoms with Crippen molar-refractivity contribution in [3.63, 3.8) is 0 Å². The first kappa shape index (κ1) is 21.7. The van der Waals surface area contributed by atoms with Gasteiger partial charge in [-0.3, -0.25) is 10.1 Å². The second-order valence-electron chi connectivity index (χ2n) is 6.10. The molecule has 1 atom stereocenters. The van der Waals surface area contributed by atoms with Crippen LogP contribution in [0.5, 0.6) is 0 Å². The summed E-state index contributed by atoms with van der Waals surface area (Å²) in [6.07, 6.45) is 4.03. The zero-order valence-corrected chi connectivity index (χ0v) is 17.6. The molecule has 27 heavy (non-hydrogen) atoms. The number of halogens is 1. The number of amides is 1. The number of nitrogens with one attached hydrogen (secondary N) is 2. The summed E-state index contributed by atoms with van der Waals surface area (Å²) in [5.74, 6) is -0.123. The molecule has 1 unspecified atom stereocenters. The van der Waals surface area contributed by atoms with E-state index in [4.69, 9.17) is 11.6 Å². The molecular weight excluding hydrogens is 408 g/mol. The molecule has 2 aromatic rings. The third-order valence-electron chi connectivity index (χ3n) is 4.07. The second kappa shape index (κ2) is 10.1. The van der Waals surface area contributed by atoms with Crippen molar-refractivity contribution in [3.05, 3.63) is 34.9 Å². The normalized spacial score (nSPS) is 12.7. The van der Waals surface area contributed by atoms with Crippen LogP contribution >= 0.6 is 22.9 Å². The molecule has 0 saturated heterocycles. The summed E-state index contributed by atoms with van der Waals surface area (Å²) in [6.45, 7) is 4.52. The Hall–Kier alpha value is -1.55. The monoisotopic (exact) mass is 430 g/mol. The highest BCUT2D eigenvalue weighted by molar-refractivity contribution is 7.91. The summed E-state index contributed by atoms with van der Waals surface area (Å²) in [5.41, 5.74) is 0.388. The number of hydrogen-bond acceptors (Lipinski definition) is 6. The molecule has 1 aromatic carbocycles. The molecule has 0 aliphatic heterocycles. The van der Waals surface area contributed by atoms with E-state index in [1.54, 1.807) is 24.3 Å². The van der Waals surface area contributed by atoms with Gasteiger partial charge in [0.2, 0.25) is 9.47 Å². The molecule has 1 heterocycles. The number of carbonyl (C=O) groups excluding carboxylic acids is 1. The van der Waals surface area contributed by atoms with Gasteiger partial charge in [-0.05, 0) is 36.6 Å². The number of aromatic nitrogens is 2. The molecule has 148 valence electrons. The summed E-state index contributed by atoms with van der Waals surface area (Å²) < 4.78 is 27.2. The molecule has 2 rings (SSSR count). The second-order valence-corrected chi connectivity index (χ2v) is 9.46. The molecule has 1 aromatic heterocycles. The van der Waals surface area contributed by atoms with E-state index in [0.717, 1.165) is 37.0 Å². The van der Waals surface area contributed by atoms with Gasteiger partial charge in [0.25, 0.3) is 15.9 Å². The molecule has 0 fully saturated rings. The maximum absolute atomic E-state index is 12.4. The van der Waals surface area contributed by atoms with Gasteiger partial charge in [0.05, 0.1) is 0 Å². The third kappa shape index (κ3) is 6.53. The predicted molar refractivity (Wildman–Crippen MR) is 108 cm³/mol. The summed E-state index contributed by atoms with van der Waals surface area (Å²) in [5, 5.41) is 10.6. The fourth-order valence-corrected chi connectivity index (χ4v) is 4.55. The highest BCUT2D eigenvalue weighted by Crippen LogP contribution is 2.21. The molecular formula is C17H23ClN4O3S2. The fraction of sp³-hybridized carbons (Fsp3) is 0.471. The van der Waals surface area contributed by atoms with Gasteiger partial charge < -0.3 is 0 Å². The lowest BCUT2D eigenvalue weighted by Crippen LogP contribution is -2.29. The van der Waals surface area contributed by atoms with Gasteiger partial charge in [-0.1, -0.05) is 56.0 Å². The number of benzene rings is 1. The lowest BCUT2D eigenvalue weighted by atomic mass is 10.00. The molecule has 0 saturated carbocycles. The van der Waals surface area contributed by atoms with Crippen LogP contribution in [0.3, 0.4) is 0 Å². The summed E-state index contributed by atoms with van der Waals surface area (Å²) in [7, 11) is -3.75. The van der Waals surface area contributed by atoms with Crippen molar-refractivity contribution in [3.8, 4) is 0 Å².